The van der Waals surface area contributed by atoms with Gasteiger partial charge in [-0.2, -0.15) is 0 Å². The minimum atomic E-state index is -0.546. The van der Waals surface area contributed by atoms with Gasteiger partial charge < -0.3 is 9.84 Å². The lowest BCUT2D eigenvalue weighted by Crippen LogP contribution is -2.46. The predicted molar refractivity (Wildman–Crippen MR) is 64.0 cm³/mol. The number of nitrogens with zero attached hydrogens (tertiary/aromatic N) is 2. The van der Waals surface area contributed by atoms with Crippen LogP contribution in [0.2, 0.25) is 0 Å². The molecule has 0 aromatic carbocycles. The van der Waals surface area contributed by atoms with Gasteiger partial charge in [0.1, 0.15) is 6.61 Å². The zero-order chi connectivity index (χ0) is 13.0. The van der Waals surface area contributed by atoms with Crippen LogP contribution in [-0.2, 0) is 9.53 Å². The molecule has 0 aromatic rings. The van der Waals surface area contributed by atoms with E-state index in [1.165, 1.54) is 0 Å². The fourth-order valence-electron chi connectivity index (χ4n) is 2.53. The number of carbonyl (C=O) groups is 2. The molecule has 102 valence electrons. The van der Waals surface area contributed by atoms with Crippen LogP contribution >= 0.6 is 0 Å². The molecule has 2 saturated heterocycles. The van der Waals surface area contributed by atoms with Crippen LogP contribution in [0.5, 0.6) is 0 Å². The first-order valence-electron chi connectivity index (χ1n) is 6.54. The van der Waals surface area contributed by atoms with Crippen LogP contribution in [0.4, 0.5) is 4.79 Å². The van der Waals surface area contributed by atoms with Crippen molar-refractivity contribution in [2.24, 2.45) is 0 Å². The smallest absolute Gasteiger partial charge is 0.416 e. The number of aliphatic hydroxyl groups excluding tert-OH is 1. The van der Waals surface area contributed by atoms with Crippen LogP contribution in [0.3, 0.4) is 0 Å². The van der Waals surface area contributed by atoms with Gasteiger partial charge in [-0.3, -0.25) is 9.69 Å². The normalized spacial score (nSPS) is 25.9. The number of rotatable bonds is 3. The standard InChI is InChI=1S/C12H20N2O4/c15-9-10-4-2-1-3-5-13(10)8-11(16)14-6-7-18-12(14)17/h10,15H,1-9H2. The number of hydrogen-bond acceptors (Lipinski definition) is 5. The first-order chi connectivity index (χ1) is 8.72. The Morgan fingerprint density at radius 1 is 1.33 bits per heavy atom. The molecule has 2 heterocycles. The molecule has 0 saturated carbocycles. The zero-order valence-electron chi connectivity index (χ0n) is 10.5. The fraction of sp³-hybridized carbons (Fsp3) is 0.833. The van der Waals surface area contributed by atoms with E-state index in [0.717, 1.165) is 37.1 Å². The molecule has 2 aliphatic rings. The lowest BCUT2D eigenvalue weighted by atomic mass is 10.1. The van der Waals surface area contributed by atoms with Crippen molar-refractivity contribution in [3.63, 3.8) is 0 Å². The van der Waals surface area contributed by atoms with Crippen molar-refractivity contribution < 1.29 is 19.4 Å². The molecular formula is C12H20N2O4. The molecule has 1 atom stereocenters. The molecule has 0 aromatic heterocycles. The molecule has 1 N–H and O–H groups in total. The minimum Gasteiger partial charge on any atom is -0.447 e. The van der Waals surface area contributed by atoms with Gasteiger partial charge in [0.15, 0.2) is 0 Å². The summed E-state index contributed by atoms with van der Waals surface area (Å²) in [6.07, 6.45) is 3.62. The third-order valence-electron chi connectivity index (χ3n) is 3.61. The van der Waals surface area contributed by atoms with Crippen molar-refractivity contribution in [3.8, 4) is 0 Å². The fourth-order valence-corrected chi connectivity index (χ4v) is 2.53. The van der Waals surface area contributed by atoms with E-state index in [2.05, 4.69) is 0 Å². The summed E-state index contributed by atoms with van der Waals surface area (Å²) in [5.41, 5.74) is 0. The number of likely N-dealkylation sites (tertiary alicyclic amines) is 1. The van der Waals surface area contributed by atoms with Gasteiger partial charge >= 0.3 is 6.09 Å². The van der Waals surface area contributed by atoms with Crippen LogP contribution in [0.15, 0.2) is 0 Å². The Kier molecular flexibility index (Phi) is 4.54. The summed E-state index contributed by atoms with van der Waals surface area (Å²) in [5.74, 6) is -0.224. The highest BCUT2D eigenvalue weighted by Gasteiger charge is 2.31. The van der Waals surface area contributed by atoms with Crippen molar-refractivity contribution in [1.82, 2.24) is 9.80 Å². The van der Waals surface area contributed by atoms with Crippen molar-refractivity contribution in [2.75, 3.05) is 32.8 Å². The summed E-state index contributed by atoms with van der Waals surface area (Å²) < 4.78 is 4.75. The van der Waals surface area contributed by atoms with Crippen LogP contribution in [0.25, 0.3) is 0 Å². The third-order valence-corrected chi connectivity index (χ3v) is 3.61. The molecule has 0 spiro atoms. The second-order valence-electron chi connectivity index (χ2n) is 4.82. The summed E-state index contributed by atoms with van der Waals surface area (Å²) in [6.45, 7) is 1.70. The number of aliphatic hydroxyl groups is 1. The highest BCUT2D eigenvalue weighted by molar-refractivity contribution is 5.94. The quantitative estimate of drug-likeness (QED) is 0.781. The molecule has 1 unspecified atom stereocenters. The van der Waals surface area contributed by atoms with Gasteiger partial charge in [-0.25, -0.2) is 9.69 Å². The average Bonchev–Trinajstić information content (AvgIpc) is 2.66. The molecule has 2 fully saturated rings. The molecule has 0 radical (unpaired) electrons. The maximum absolute atomic E-state index is 12.0. The highest BCUT2D eigenvalue weighted by Crippen LogP contribution is 2.17. The van der Waals surface area contributed by atoms with E-state index in [1.54, 1.807) is 0 Å². The predicted octanol–water partition coefficient (Wildman–Crippen LogP) is 0.202. The zero-order valence-corrected chi connectivity index (χ0v) is 10.5. The molecular weight excluding hydrogens is 236 g/mol. The van der Waals surface area contributed by atoms with Gasteiger partial charge in [-0.05, 0) is 19.4 Å². The third kappa shape index (κ3) is 3.00. The van der Waals surface area contributed by atoms with Gasteiger partial charge in [0.25, 0.3) is 0 Å². The van der Waals surface area contributed by atoms with Crippen LogP contribution in [0.1, 0.15) is 25.7 Å². The van der Waals surface area contributed by atoms with Crippen LogP contribution in [-0.4, -0.2) is 65.8 Å². The van der Waals surface area contributed by atoms with E-state index in [4.69, 9.17) is 4.74 Å². The second kappa shape index (κ2) is 6.15. The summed E-state index contributed by atoms with van der Waals surface area (Å²) in [7, 11) is 0. The average molecular weight is 256 g/mol. The monoisotopic (exact) mass is 256 g/mol. The number of imide groups is 1. The van der Waals surface area contributed by atoms with Crippen LogP contribution < -0.4 is 0 Å². The largest absolute Gasteiger partial charge is 0.447 e. The summed E-state index contributed by atoms with van der Waals surface area (Å²) in [5, 5.41) is 9.36. The van der Waals surface area contributed by atoms with E-state index in [1.807, 2.05) is 4.90 Å². The van der Waals surface area contributed by atoms with Crippen molar-refractivity contribution in [2.45, 2.75) is 31.7 Å². The number of hydrogen-bond donors (Lipinski definition) is 1. The first-order valence-corrected chi connectivity index (χ1v) is 6.54. The molecule has 6 nitrogen and oxygen atoms in total. The van der Waals surface area contributed by atoms with E-state index in [0.29, 0.717) is 6.54 Å². The first kappa shape index (κ1) is 13.3. The maximum atomic E-state index is 12.0. The Bertz CT molecular complexity index is 321. The van der Waals surface area contributed by atoms with E-state index >= 15 is 0 Å². The van der Waals surface area contributed by atoms with Gasteiger partial charge in [-0.1, -0.05) is 12.8 Å². The number of ether oxygens (including phenoxy) is 1. The molecule has 2 rings (SSSR count). The lowest BCUT2D eigenvalue weighted by Gasteiger charge is -2.28. The highest BCUT2D eigenvalue weighted by atomic mass is 16.6. The maximum Gasteiger partial charge on any atom is 0.416 e. The SMILES string of the molecule is O=C(CN1CCCCCC1CO)N1CCOC1=O. The molecule has 2 amide bonds. The molecule has 0 bridgehead atoms. The van der Waals surface area contributed by atoms with Crippen molar-refractivity contribution >= 4 is 12.0 Å². The summed E-state index contributed by atoms with van der Waals surface area (Å²) >= 11 is 0. The Hall–Kier alpha value is -1.14. The molecule has 2 aliphatic heterocycles. The van der Waals surface area contributed by atoms with Crippen molar-refractivity contribution in [3.05, 3.63) is 0 Å². The van der Waals surface area contributed by atoms with Crippen molar-refractivity contribution in [1.29, 1.82) is 0 Å². The summed E-state index contributed by atoms with van der Waals surface area (Å²) in [4.78, 5) is 26.4. The number of cyclic esters (lactones) is 1. The van der Waals surface area contributed by atoms with Gasteiger partial charge in [0.2, 0.25) is 5.91 Å². The Balaban J connectivity index is 1.93. The van der Waals surface area contributed by atoms with Gasteiger partial charge in [0, 0.05) is 6.04 Å². The Labute approximate surface area is 106 Å². The topological polar surface area (TPSA) is 70.1 Å². The Morgan fingerprint density at radius 2 is 2.17 bits per heavy atom. The van der Waals surface area contributed by atoms with Gasteiger partial charge in [0.05, 0.1) is 19.7 Å². The Morgan fingerprint density at radius 3 is 2.83 bits per heavy atom. The number of carbonyl (C=O) groups excluding carboxylic acids is 2. The van der Waals surface area contributed by atoms with Gasteiger partial charge in [-0.15, -0.1) is 0 Å². The lowest BCUT2D eigenvalue weighted by molar-refractivity contribution is -0.129. The van der Waals surface area contributed by atoms with Crippen LogP contribution in [0, 0.1) is 0 Å². The van der Waals surface area contributed by atoms with E-state index in [-0.39, 0.29) is 31.7 Å². The number of amides is 2. The molecule has 18 heavy (non-hydrogen) atoms. The molecule has 0 aliphatic carbocycles. The minimum absolute atomic E-state index is 0.0371. The van der Waals surface area contributed by atoms with E-state index < -0.39 is 6.09 Å². The second-order valence-corrected chi connectivity index (χ2v) is 4.82. The summed E-state index contributed by atoms with van der Waals surface area (Å²) in [6, 6.07) is 0.0371. The van der Waals surface area contributed by atoms with E-state index in [9.17, 15) is 14.7 Å². The molecule has 6 heteroatoms.